The smallest absolute Gasteiger partial charge is 0.0593 e. The fourth-order valence-electron chi connectivity index (χ4n) is 3.13. The normalized spacial score (nSPS) is 19.0. The van der Waals surface area contributed by atoms with E-state index in [1.165, 1.54) is 45.6 Å². The Hall–Kier alpha value is -0.120. The van der Waals surface area contributed by atoms with Crippen molar-refractivity contribution in [1.29, 1.82) is 0 Å². The highest BCUT2D eigenvalue weighted by molar-refractivity contribution is 4.82. The van der Waals surface area contributed by atoms with Crippen LogP contribution in [0.3, 0.4) is 0 Å². The molecule has 1 saturated heterocycles. The van der Waals surface area contributed by atoms with Crippen molar-refractivity contribution < 1.29 is 4.74 Å². The predicted octanol–water partition coefficient (Wildman–Crippen LogP) is 4.52. The van der Waals surface area contributed by atoms with E-state index in [9.17, 15) is 0 Å². The van der Waals surface area contributed by atoms with E-state index >= 15 is 0 Å². The Balaban J connectivity index is 2.07. The number of ether oxygens (including phenoxy) is 1. The summed E-state index contributed by atoms with van der Waals surface area (Å²) in [7, 11) is 0. The molecule has 0 aromatic carbocycles. The van der Waals surface area contributed by atoms with Gasteiger partial charge in [-0.15, -0.1) is 0 Å². The Kier molecular flexibility index (Phi) is 8.22. The quantitative estimate of drug-likeness (QED) is 0.604. The van der Waals surface area contributed by atoms with Gasteiger partial charge in [-0.05, 0) is 29.1 Å². The van der Waals surface area contributed by atoms with Crippen molar-refractivity contribution in [3.05, 3.63) is 0 Å². The molecule has 1 fully saturated rings. The van der Waals surface area contributed by atoms with Crippen molar-refractivity contribution in [3.8, 4) is 0 Å². The molecule has 1 aliphatic rings. The van der Waals surface area contributed by atoms with E-state index < -0.39 is 0 Å². The number of piperazine rings is 1. The van der Waals surface area contributed by atoms with Gasteiger partial charge in [-0.2, -0.15) is 0 Å². The highest BCUT2D eigenvalue weighted by Gasteiger charge is 2.31. The topological polar surface area (TPSA) is 15.7 Å². The van der Waals surface area contributed by atoms with Crippen LogP contribution < -0.4 is 0 Å². The molecule has 0 atom stereocenters. The molecular weight excluding hydrogens is 296 g/mol. The highest BCUT2D eigenvalue weighted by Crippen LogP contribution is 2.41. The molecule has 0 aromatic heterocycles. The van der Waals surface area contributed by atoms with Crippen LogP contribution in [0.5, 0.6) is 0 Å². The van der Waals surface area contributed by atoms with E-state index in [0.717, 1.165) is 19.8 Å². The highest BCUT2D eigenvalue weighted by atomic mass is 16.5. The van der Waals surface area contributed by atoms with Crippen LogP contribution in [0.25, 0.3) is 0 Å². The third-order valence-corrected chi connectivity index (χ3v) is 5.84. The van der Waals surface area contributed by atoms with Crippen LogP contribution >= 0.6 is 0 Å². The van der Waals surface area contributed by atoms with Gasteiger partial charge in [0.25, 0.3) is 0 Å². The molecule has 0 radical (unpaired) electrons. The standard InChI is InChI=1S/C21H44N2O/c1-19(2,3)18-23-13-11-22(12-14-23)15-17-24-16-9-10-21(7,8)20(4,5)6/h9-18H2,1-8H3. The Bertz CT molecular complexity index is 344. The van der Waals surface area contributed by atoms with Crippen molar-refractivity contribution in [1.82, 2.24) is 9.80 Å². The summed E-state index contributed by atoms with van der Waals surface area (Å²) >= 11 is 0. The molecule has 24 heavy (non-hydrogen) atoms. The number of rotatable bonds is 8. The van der Waals surface area contributed by atoms with E-state index in [1.54, 1.807) is 0 Å². The van der Waals surface area contributed by atoms with Gasteiger partial charge in [0.15, 0.2) is 0 Å². The molecule has 3 heteroatoms. The van der Waals surface area contributed by atoms with E-state index in [-0.39, 0.29) is 0 Å². The molecule has 0 spiro atoms. The van der Waals surface area contributed by atoms with Crippen LogP contribution in [-0.4, -0.2) is 62.3 Å². The average Bonchev–Trinajstić information content (AvgIpc) is 2.41. The summed E-state index contributed by atoms with van der Waals surface area (Å²) in [5.41, 5.74) is 1.14. The second-order valence-corrected chi connectivity index (χ2v) is 10.5. The van der Waals surface area contributed by atoms with Crippen LogP contribution in [0.4, 0.5) is 0 Å². The third-order valence-electron chi connectivity index (χ3n) is 5.84. The number of nitrogens with zero attached hydrogens (tertiary/aromatic N) is 2. The minimum atomic E-state index is 0.361. The minimum Gasteiger partial charge on any atom is -0.380 e. The predicted molar refractivity (Wildman–Crippen MR) is 106 cm³/mol. The minimum absolute atomic E-state index is 0.361. The SMILES string of the molecule is CC(C)(C)CN1CCN(CCOCCCC(C)(C)C(C)(C)C)CC1. The van der Waals surface area contributed by atoms with E-state index in [1.807, 2.05) is 0 Å². The largest absolute Gasteiger partial charge is 0.380 e. The maximum atomic E-state index is 5.90. The van der Waals surface area contributed by atoms with Gasteiger partial charge in [0, 0.05) is 45.9 Å². The van der Waals surface area contributed by atoms with Crippen molar-refractivity contribution in [2.24, 2.45) is 16.2 Å². The molecule has 144 valence electrons. The lowest BCUT2D eigenvalue weighted by molar-refractivity contribution is 0.0539. The monoisotopic (exact) mass is 340 g/mol. The zero-order valence-corrected chi connectivity index (χ0v) is 17.9. The number of hydrogen-bond acceptors (Lipinski definition) is 3. The first-order valence-corrected chi connectivity index (χ1v) is 9.93. The lowest BCUT2D eigenvalue weighted by atomic mass is 9.67. The first-order chi connectivity index (χ1) is 10.9. The molecule has 1 rings (SSSR count). The molecule has 0 unspecified atom stereocenters. The molecule has 1 heterocycles. The van der Waals surface area contributed by atoms with Crippen molar-refractivity contribution in [3.63, 3.8) is 0 Å². The maximum absolute atomic E-state index is 5.90. The van der Waals surface area contributed by atoms with Crippen LogP contribution in [0, 0.1) is 16.2 Å². The third kappa shape index (κ3) is 8.31. The molecule has 3 nitrogen and oxygen atoms in total. The zero-order chi connectivity index (χ0) is 18.4. The Morgan fingerprint density at radius 3 is 1.79 bits per heavy atom. The second-order valence-electron chi connectivity index (χ2n) is 10.5. The molecule has 0 N–H and O–H groups in total. The summed E-state index contributed by atoms with van der Waals surface area (Å²) in [5, 5.41) is 0. The van der Waals surface area contributed by atoms with Crippen molar-refractivity contribution in [2.45, 2.75) is 68.2 Å². The van der Waals surface area contributed by atoms with Crippen LogP contribution in [0.15, 0.2) is 0 Å². The fraction of sp³-hybridized carbons (Fsp3) is 1.00. The molecule has 0 bridgehead atoms. The fourth-order valence-corrected chi connectivity index (χ4v) is 3.13. The van der Waals surface area contributed by atoms with E-state index in [0.29, 0.717) is 16.2 Å². The van der Waals surface area contributed by atoms with Crippen LogP contribution in [0.2, 0.25) is 0 Å². The first kappa shape index (κ1) is 21.9. The van der Waals surface area contributed by atoms with Gasteiger partial charge >= 0.3 is 0 Å². The summed E-state index contributed by atoms with van der Waals surface area (Å²) in [6.45, 7) is 27.6. The van der Waals surface area contributed by atoms with E-state index in [2.05, 4.69) is 65.2 Å². The van der Waals surface area contributed by atoms with Gasteiger partial charge in [-0.1, -0.05) is 55.4 Å². The maximum Gasteiger partial charge on any atom is 0.0593 e. The van der Waals surface area contributed by atoms with Gasteiger partial charge in [-0.25, -0.2) is 0 Å². The van der Waals surface area contributed by atoms with Gasteiger partial charge in [0.2, 0.25) is 0 Å². The molecule has 0 saturated carbocycles. The number of hydrogen-bond donors (Lipinski definition) is 0. The molecule has 0 aliphatic carbocycles. The molecule has 0 aromatic rings. The van der Waals surface area contributed by atoms with Gasteiger partial charge < -0.3 is 9.64 Å². The molecule has 0 amide bonds. The summed E-state index contributed by atoms with van der Waals surface area (Å²) in [4.78, 5) is 5.16. The second kappa shape index (κ2) is 9.00. The van der Waals surface area contributed by atoms with E-state index in [4.69, 9.17) is 4.74 Å². The Morgan fingerprint density at radius 2 is 1.29 bits per heavy atom. The summed E-state index contributed by atoms with van der Waals surface area (Å²) < 4.78 is 5.90. The summed E-state index contributed by atoms with van der Waals surface area (Å²) in [6.07, 6.45) is 2.41. The zero-order valence-electron chi connectivity index (χ0n) is 17.9. The molecular formula is C21H44N2O. The lowest BCUT2D eigenvalue weighted by Crippen LogP contribution is -2.49. The van der Waals surface area contributed by atoms with Crippen LogP contribution in [0.1, 0.15) is 68.2 Å². The Morgan fingerprint density at radius 1 is 0.750 bits per heavy atom. The van der Waals surface area contributed by atoms with Gasteiger partial charge in [0.05, 0.1) is 6.61 Å². The van der Waals surface area contributed by atoms with Gasteiger partial charge in [0.1, 0.15) is 0 Å². The Labute approximate surface area is 152 Å². The molecule has 1 aliphatic heterocycles. The van der Waals surface area contributed by atoms with Crippen LogP contribution in [-0.2, 0) is 4.74 Å². The first-order valence-electron chi connectivity index (χ1n) is 9.93. The van der Waals surface area contributed by atoms with Crippen molar-refractivity contribution >= 4 is 0 Å². The lowest BCUT2D eigenvalue weighted by Gasteiger charge is -2.39. The van der Waals surface area contributed by atoms with Gasteiger partial charge in [-0.3, -0.25) is 4.90 Å². The van der Waals surface area contributed by atoms with Crippen molar-refractivity contribution in [2.75, 3.05) is 52.5 Å². The summed E-state index contributed by atoms with van der Waals surface area (Å²) in [5.74, 6) is 0. The average molecular weight is 341 g/mol. The summed E-state index contributed by atoms with van der Waals surface area (Å²) in [6, 6.07) is 0.